The topological polar surface area (TPSA) is 80.3 Å². The first-order chi connectivity index (χ1) is 27.1. The summed E-state index contributed by atoms with van der Waals surface area (Å²) in [5.41, 5.74) is -1.42. The van der Waals surface area contributed by atoms with Crippen molar-refractivity contribution in [3.63, 3.8) is 0 Å². The molecule has 0 atom stereocenters. The Hall–Kier alpha value is 0.439. The molecule has 0 bridgehead atoms. The van der Waals surface area contributed by atoms with Crippen LogP contribution in [0.4, 0.5) is 0 Å². The van der Waals surface area contributed by atoms with Crippen LogP contribution in [-0.2, 0) is 9.59 Å². The quantitative estimate of drug-likeness (QED) is 0.0367. The number of carboxylic acid groups (broad SMARTS) is 2. The zero-order valence-corrected chi connectivity index (χ0v) is 44.6. The first-order valence-corrected chi connectivity index (χ1v) is 29.7. The van der Waals surface area contributed by atoms with Crippen LogP contribution in [0.2, 0.25) is 8.87 Å². The minimum absolute atomic E-state index is 0.149. The molecule has 4 nitrogen and oxygen atoms in total. The Morgan fingerprint density at radius 2 is 0.649 bits per heavy atom. The molecule has 57 heavy (non-hydrogen) atoms. The van der Waals surface area contributed by atoms with E-state index in [1.165, 1.54) is 103 Å². The molecular weight excluding hydrogens is 847 g/mol. The Labute approximate surface area is 379 Å². The van der Waals surface area contributed by atoms with E-state index in [0.29, 0.717) is 11.5 Å². The van der Waals surface area contributed by atoms with Crippen LogP contribution in [0.1, 0.15) is 249 Å². The molecule has 0 rings (SSSR count). The third kappa shape index (κ3) is 40.3. The fourth-order valence-corrected chi connectivity index (χ4v) is 12.4. The van der Waals surface area contributed by atoms with Gasteiger partial charge in [0.05, 0.1) is 0 Å². The average Bonchev–Trinajstić information content (AvgIpc) is 3.15. The van der Waals surface area contributed by atoms with Crippen molar-refractivity contribution in [1.29, 1.82) is 0 Å². The Morgan fingerprint density at radius 3 is 0.825 bits per heavy atom. The summed E-state index contributed by atoms with van der Waals surface area (Å²) in [6.07, 6.45) is 32.2. The van der Waals surface area contributed by atoms with Gasteiger partial charge >= 0.3 is 69.5 Å². The van der Waals surface area contributed by atoms with E-state index in [1.54, 1.807) is 8.87 Å². The second-order valence-corrected chi connectivity index (χ2v) is 24.2. The molecular formula is C50H100O4S2Sn. The van der Waals surface area contributed by atoms with E-state index in [0.717, 1.165) is 101 Å². The summed E-state index contributed by atoms with van der Waals surface area (Å²) in [7, 11) is 0. The van der Waals surface area contributed by atoms with E-state index < -0.39 is 22.8 Å². The van der Waals surface area contributed by atoms with Crippen molar-refractivity contribution in [2.24, 2.45) is 34.5 Å². The summed E-state index contributed by atoms with van der Waals surface area (Å²) in [6.45, 7) is 22.6. The van der Waals surface area contributed by atoms with Gasteiger partial charge in [0.1, 0.15) is 0 Å². The maximum atomic E-state index is 11.7. The summed E-state index contributed by atoms with van der Waals surface area (Å²) in [5, 5.41) is 23.4. The van der Waals surface area contributed by atoms with E-state index in [4.69, 9.17) is 0 Å². The SMILES string of the molecule is CC(C)CCCCCCC(CS)(CCCCCCC(C)C)C(=O)[O-].CC(C)CCCCCCC(CS)(CCCCCCC(C)C)C(=O)[O-].CCC[CH2][Sn+2][CH2]CCC. The van der Waals surface area contributed by atoms with Gasteiger partial charge in [-0.25, -0.2) is 0 Å². The van der Waals surface area contributed by atoms with Gasteiger partial charge in [-0.3, -0.25) is 0 Å². The molecule has 0 unspecified atom stereocenters. The second-order valence-electron chi connectivity index (χ2n) is 19.3. The molecule has 0 amide bonds. The first-order valence-electron chi connectivity index (χ1n) is 24.4. The standard InChI is InChI=1S/2C21H42O2S.2C4H9.Sn/c2*1-18(2)13-9-5-7-11-15-21(17-24,20(22)23)16-12-8-6-10-14-19(3)4;2*1-3-4-2;/h2*18-19,24H,5-17H2,1-4H3,(H,22,23);2*1,3-4H2,2H3;/q;;;;+2/p-2. The summed E-state index contributed by atoms with van der Waals surface area (Å²) >= 11 is 8.87. The van der Waals surface area contributed by atoms with E-state index in [2.05, 4.69) is 94.5 Å². The van der Waals surface area contributed by atoms with E-state index in [1.807, 2.05) is 0 Å². The zero-order chi connectivity index (χ0) is 43.8. The first kappa shape index (κ1) is 61.7. The molecule has 0 saturated heterocycles. The molecule has 0 N–H and O–H groups in total. The van der Waals surface area contributed by atoms with Gasteiger partial charge in [-0.15, -0.1) is 0 Å². The molecule has 0 radical (unpaired) electrons. The van der Waals surface area contributed by atoms with Crippen LogP contribution >= 0.6 is 25.3 Å². The second kappa shape index (κ2) is 43.1. The normalized spacial score (nSPS) is 11.8. The molecule has 7 heteroatoms. The van der Waals surface area contributed by atoms with Crippen LogP contribution in [-0.4, -0.2) is 44.6 Å². The monoisotopic (exact) mass is 949 g/mol. The Balaban J connectivity index is -0.000000843. The summed E-state index contributed by atoms with van der Waals surface area (Å²) in [6, 6.07) is 0. The molecule has 0 aliphatic carbocycles. The van der Waals surface area contributed by atoms with Crippen molar-refractivity contribution in [1.82, 2.24) is 0 Å². The number of aliphatic carboxylic acids is 2. The average molecular weight is 948 g/mol. The van der Waals surface area contributed by atoms with Gasteiger partial charge in [0, 0.05) is 34.3 Å². The van der Waals surface area contributed by atoms with Gasteiger partial charge in [-0.1, -0.05) is 184 Å². The third-order valence-electron chi connectivity index (χ3n) is 11.6. The van der Waals surface area contributed by atoms with Crippen LogP contribution < -0.4 is 10.2 Å². The molecule has 0 aromatic heterocycles. The maximum absolute atomic E-state index is 11.7. The van der Waals surface area contributed by atoms with Crippen molar-refractivity contribution < 1.29 is 19.8 Å². The molecule has 340 valence electrons. The van der Waals surface area contributed by atoms with E-state index >= 15 is 0 Å². The van der Waals surface area contributed by atoms with Gasteiger partial charge in [-0.2, -0.15) is 25.3 Å². The summed E-state index contributed by atoms with van der Waals surface area (Å²) in [5.74, 6) is 2.10. The fourth-order valence-electron chi connectivity index (χ4n) is 7.31. The number of carbonyl (C=O) groups excluding carboxylic acids is 2. The van der Waals surface area contributed by atoms with Gasteiger partial charge in [0.15, 0.2) is 0 Å². The van der Waals surface area contributed by atoms with Gasteiger partial charge in [0.2, 0.25) is 0 Å². The minimum atomic E-state index is -0.887. The molecule has 0 aliphatic rings. The zero-order valence-electron chi connectivity index (χ0n) is 40.0. The van der Waals surface area contributed by atoms with Crippen LogP contribution in [0, 0.1) is 34.5 Å². The van der Waals surface area contributed by atoms with Crippen LogP contribution in [0.5, 0.6) is 0 Å². The third-order valence-corrected chi connectivity index (χ3v) is 16.9. The van der Waals surface area contributed by atoms with Crippen molar-refractivity contribution >= 4 is 58.3 Å². The summed E-state index contributed by atoms with van der Waals surface area (Å²) < 4.78 is 3.25. The van der Waals surface area contributed by atoms with Crippen LogP contribution in [0.15, 0.2) is 0 Å². The molecule has 0 saturated carbocycles. The number of thiol groups is 2. The molecule has 0 aromatic rings. The van der Waals surface area contributed by atoms with Gasteiger partial charge < -0.3 is 19.8 Å². The Kier molecular flexibility index (Phi) is 46.7. The molecule has 0 spiro atoms. The number of rotatable bonds is 38. The van der Waals surface area contributed by atoms with Crippen molar-refractivity contribution in [3.8, 4) is 0 Å². The number of hydrogen-bond donors (Lipinski definition) is 2. The molecule has 0 aromatic carbocycles. The number of carbonyl (C=O) groups is 2. The summed E-state index contributed by atoms with van der Waals surface area (Å²) in [4.78, 5) is 23.4. The Morgan fingerprint density at radius 1 is 0.421 bits per heavy atom. The fraction of sp³-hybridized carbons (Fsp3) is 0.960. The molecule has 0 aliphatic heterocycles. The predicted molar refractivity (Wildman–Crippen MR) is 258 cm³/mol. The molecule has 0 heterocycles. The van der Waals surface area contributed by atoms with Gasteiger partial charge in [0.25, 0.3) is 0 Å². The van der Waals surface area contributed by atoms with Crippen LogP contribution in [0.3, 0.4) is 0 Å². The Bertz CT molecular complexity index is 755. The van der Waals surface area contributed by atoms with E-state index in [-0.39, 0.29) is 21.1 Å². The number of carboxylic acids is 2. The number of unbranched alkanes of at least 4 members (excludes halogenated alkanes) is 14. The van der Waals surface area contributed by atoms with Crippen molar-refractivity contribution in [3.05, 3.63) is 0 Å². The van der Waals surface area contributed by atoms with Crippen LogP contribution in [0.25, 0.3) is 0 Å². The molecule has 0 fully saturated rings. The number of hydrogen-bond acceptors (Lipinski definition) is 6. The van der Waals surface area contributed by atoms with Gasteiger partial charge in [-0.05, 0) is 49.4 Å². The van der Waals surface area contributed by atoms with E-state index in [9.17, 15) is 19.8 Å². The van der Waals surface area contributed by atoms with Crippen molar-refractivity contribution in [2.45, 2.75) is 258 Å². The predicted octanol–water partition coefficient (Wildman–Crippen LogP) is 14.4. The van der Waals surface area contributed by atoms with Crippen molar-refractivity contribution in [2.75, 3.05) is 11.5 Å².